The molecular formula is C26H23ClN2O5. The second-order valence-electron chi connectivity index (χ2n) is 7.97. The SMILES string of the molecule is COC(=O)C[C@H]1C(=O)N(Cc2ccccc2)c2cc(Cl)ccc2C(=O)N1Cc1cccc(O)c1. The molecule has 8 heteroatoms. The van der Waals surface area contributed by atoms with Gasteiger partial charge in [0, 0.05) is 11.6 Å². The quantitative estimate of drug-likeness (QED) is 0.537. The summed E-state index contributed by atoms with van der Waals surface area (Å²) in [6.07, 6.45) is -0.313. The molecular weight excluding hydrogens is 456 g/mol. The van der Waals surface area contributed by atoms with Crippen LogP contribution in [0.3, 0.4) is 0 Å². The Bertz CT molecular complexity index is 1230. The van der Waals surface area contributed by atoms with E-state index in [0.717, 1.165) is 5.56 Å². The number of nitrogens with zero attached hydrogens (tertiary/aromatic N) is 2. The van der Waals surface area contributed by atoms with Crippen LogP contribution in [-0.2, 0) is 27.4 Å². The van der Waals surface area contributed by atoms with E-state index >= 15 is 0 Å². The number of benzene rings is 3. The van der Waals surface area contributed by atoms with E-state index in [1.807, 2.05) is 30.3 Å². The number of anilines is 1. The topological polar surface area (TPSA) is 87.2 Å². The highest BCUT2D eigenvalue weighted by atomic mass is 35.5. The standard InChI is InChI=1S/C26H23ClN2O5/c1-34-24(31)14-23-26(33)28(15-17-6-3-2-4-7-17)22-13-19(27)10-11-21(22)25(32)29(23)16-18-8-5-9-20(30)12-18/h2-13,23,30H,14-16H2,1H3/t23-/m0/s1. The fourth-order valence-corrected chi connectivity index (χ4v) is 4.20. The van der Waals surface area contributed by atoms with Crippen LogP contribution in [0.5, 0.6) is 5.75 Å². The van der Waals surface area contributed by atoms with E-state index < -0.39 is 23.8 Å². The van der Waals surface area contributed by atoms with Crippen LogP contribution < -0.4 is 4.90 Å². The molecule has 3 aromatic rings. The zero-order valence-electron chi connectivity index (χ0n) is 18.5. The van der Waals surface area contributed by atoms with E-state index in [1.54, 1.807) is 30.3 Å². The lowest BCUT2D eigenvalue weighted by Gasteiger charge is -2.30. The highest BCUT2D eigenvalue weighted by molar-refractivity contribution is 6.31. The summed E-state index contributed by atoms with van der Waals surface area (Å²) in [4.78, 5) is 42.8. The number of methoxy groups -OCH3 is 1. The molecule has 0 spiro atoms. The Labute approximate surface area is 202 Å². The Balaban J connectivity index is 1.83. The zero-order valence-corrected chi connectivity index (χ0v) is 19.2. The summed E-state index contributed by atoms with van der Waals surface area (Å²) < 4.78 is 4.84. The number of rotatable bonds is 6. The van der Waals surface area contributed by atoms with Crippen LogP contribution in [0, 0.1) is 0 Å². The molecule has 0 saturated carbocycles. The predicted molar refractivity (Wildman–Crippen MR) is 127 cm³/mol. The molecule has 0 saturated heterocycles. The van der Waals surface area contributed by atoms with Gasteiger partial charge in [0.1, 0.15) is 11.8 Å². The van der Waals surface area contributed by atoms with E-state index in [1.165, 1.54) is 29.0 Å². The molecule has 4 rings (SSSR count). The zero-order chi connectivity index (χ0) is 24.2. The maximum Gasteiger partial charge on any atom is 0.308 e. The highest BCUT2D eigenvalue weighted by Crippen LogP contribution is 2.34. The van der Waals surface area contributed by atoms with Crippen molar-refractivity contribution in [3.63, 3.8) is 0 Å². The van der Waals surface area contributed by atoms with Crippen LogP contribution in [0.1, 0.15) is 27.9 Å². The van der Waals surface area contributed by atoms with Crippen LogP contribution in [-0.4, -0.2) is 40.9 Å². The Kier molecular flexibility index (Phi) is 6.84. The van der Waals surface area contributed by atoms with Crippen molar-refractivity contribution in [2.75, 3.05) is 12.0 Å². The first kappa shape index (κ1) is 23.3. The van der Waals surface area contributed by atoms with Crippen molar-refractivity contribution in [1.29, 1.82) is 0 Å². The molecule has 1 aliphatic heterocycles. The minimum absolute atomic E-state index is 0.0158. The molecule has 0 fully saturated rings. The Morgan fingerprint density at radius 3 is 2.41 bits per heavy atom. The number of carbonyl (C=O) groups excluding carboxylic acids is 3. The summed E-state index contributed by atoms with van der Waals surface area (Å²) in [7, 11) is 1.24. The smallest absolute Gasteiger partial charge is 0.308 e. The van der Waals surface area contributed by atoms with Gasteiger partial charge in [-0.3, -0.25) is 14.4 Å². The molecule has 174 valence electrons. The van der Waals surface area contributed by atoms with Gasteiger partial charge < -0.3 is 19.6 Å². The van der Waals surface area contributed by atoms with Gasteiger partial charge in [-0.15, -0.1) is 0 Å². The third kappa shape index (κ3) is 4.89. The minimum Gasteiger partial charge on any atom is -0.508 e. The van der Waals surface area contributed by atoms with Crippen LogP contribution in [0.2, 0.25) is 5.02 Å². The lowest BCUT2D eigenvalue weighted by Crippen LogP contribution is -2.49. The highest BCUT2D eigenvalue weighted by Gasteiger charge is 2.41. The average molecular weight is 479 g/mol. The Morgan fingerprint density at radius 2 is 1.71 bits per heavy atom. The van der Waals surface area contributed by atoms with Gasteiger partial charge in [0.2, 0.25) is 0 Å². The summed E-state index contributed by atoms with van der Waals surface area (Å²) in [5, 5.41) is 10.3. The van der Waals surface area contributed by atoms with E-state index in [9.17, 15) is 19.5 Å². The number of aromatic hydroxyl groups is 1. The Morgan fingerprint density at radius 1 is 0.971 bits per heavy atom. The van der Waals surface area contributed by atoms with Gasteiger partial charge in [0.05, 0.1) is 31.3 Å². The largest absolute Gasteiger partial charge is 0.508 e. The number of phenols is 1. The fourth-order valence-electron chi connectivity index (χ4n) is 4.04. The van der Waals surface area contributed by atoms with E-state index in [2.05, 4.69) is 0 Å². The third-order valence-electron chi connectivity index (χ3n) is 5.70. The second kappa shape index (κ2) is 9.97. The van der Waals surface area contributed by atoms with Gasteiger partial charge in [0.25, 0.3) is 11.8 Å². The van der Waals surface area contributed by atoms with E-state index in [4.69, 9.17) is 16.3 Å². The first-order valence-electron chi connectivity index (χ1n) is 10.7. The lowest BCUT2D eigenvalue weighted by atomic mass is 10.1. The van der Waals surface area contributed by atoms with Crippen molar-refractivity contribution in [2.45, 2.75) is 25.6 Å². The van der Waals surface area contributed by atoms with E-state index in [0.29, 0.717) is 21.8 Å². The van der Waals surface area contributed by atoms with Gasteiger partial charge >= 0.3 is 5.97 Å². The van der Waals surface area contributed by atoms with Gasteiger partial charge in [-0.2, -0.15) is 0 Å². The maximum absolute atomic E-state index is 13.9. The molecule has 0 aliphatic carbocycles. The second-order valence-corrected chi connectivity index (χ2v) is 8.41. The summed E-state index contributed by atoms with van der Waals surface area (Å²) in [6.45, 7) is 0.208. The predicted octanol–water partition coefficient (Wildman–Crippen LogP) is 4.17. The number of amides is 2. The molecule has 0 unspecified atom stereocenters. The number of esters is 1. The molecule has 7 nitrogen and oxygen atoms in total. The monoisotopic (exact) mass is 478 g/mol. The van der Waals surface area contributed by atoms with Gasteiger partial charge in [-0.05, 0) is 41.5 Å². The van der Waals surface area contributed by atoms with Crippen molar-refractivity contribution in [3.8, 4) is 5.75 Å². The van der Waals surface area contributed by atoms with Crippen molar-refractivity contribution in [2.24, 2.45) is 0 Å². The summed E-state index contributed by atoms with van der Waals surface area (Å²) in [5.74, 6) is -1.43. The van der Waals surface area contributed by atoms with E-state index in [-0.39, 0.29) is 25.3 Å². The molecule has 1 heterocycles. The van der Waals surface area contributed by atoms with Gasteiger partial charge in [0.15, 0.2) is 0 Å². The Hall–Kier alpha value is -3.84. The molecule has 0 aromatic heterocycles. The maximum atomic E-state index is 13.9. The third-order valence-corrected chi connectivity index (χ3v) is 5.94. The van der Waals surface area contributed by atoms with Crippen LogP contribution in [0.4, 0.5) is 5.69 Å². The summed E-state index contributed by atoms with van der Waals surface area (Å²) in [6, 6.07) is 19.4. The molecule has 1 atom stereocenters. The number of ether oxygens (including phenoxy) is 1. The van der Waals surface area contributed by atoms with Gasteiger partial charge in [-0.1, -0.05) is 54.1 Å². The van der Waals surface area contributed by atoms with Crippen molar-refractivity contribution in [1.82, 2.24) is 4.90 Å². The molecule has 0 bridgehead atoms. The molecule has 1 N–H and O–H groups in total. The molecule has 0 radical (unpaired) electrons. The fraction of sp³-hybridized carbons (Fsp3) is 0.192. The molecule has 1 aliphatic rings. The number of phenolic OH excluding ortho intramolecular Hbond substituents is 1. The first-order chi connectivity index (χ1) is 16.4. The minimum atomic E-state index is -1.11. The normalized spacial score (nSPS) is 15.6. The van der Waals surface area contributed by atoms with Crippen LogP contribution in [0.25, 0.3) is 0 Å². The number of hydrogen-bond acceptors (Lipinski definition) is 5. The van der Waals surface area contributed by atoms with Crippen LogP contribution >= 0.6 is 11.6 Å². The van der Waals surface area contributed by atoms with Crippen LogP contribution in [0.15, 0.2) is 72.8 Å². The first-order valence-corrected chi connectivity index (χ1v) is 11.1. The molecule has 2 amide bonds. The number of hydrogen-bond donors (Lipinski definition) is 1. The summed E-state index contributed by atoms with van der Waals surface area (Å²) >= 11 is 6.26. The number of carbonyl (C=O) groups is 3. The van der Waals surface area contributed by atoms with Gasteiger partial charge in [-0.25, -0.2) is 0 Å². The number of halogens is 1. The number of fused-ring (bicyclic) bond motifs is 1. The van der Waals surface area contributed by atoms with Crippen molar-refractivity contribution < 1.29 is 24.2 Å². The van der Waals surface area contributed by atoms with Crippen molar-refractivity contribution in [3.05, 3.63) is 94.5 Å². The lowest BCUT2D eigenvalue weighted by molar-refractivity contribution is -0.144. The van der Waals surface area contributed by atoms with Crippen molar-refractivity contribution >= 4 is 35.1 Å². The summed E-state index contributed by atoms with van der Waals surface area (Å²) in [5.41, 5.74) is 2.14. The average Bonchev–Trinajstić information content (AvgIpc) is 2.90. The molecule has 34 heavy (non-hydrogen) atoms. The molecule has 3 aromatic carbocycles.